The number of nitrogens with one attached hydrogen (secondary N) is 2. The molecule has 2 aromatic rings. The molecule has 0 fully saturated rings. The topological polar surface area (TPSA) is 37.0 Å². The van der Waals surface area contributed by atoms with Crippen LogP contribution in [0.3, 0.4) is 0 Å². The summed E-state index contributed by atoms with van der Waals surface area (Å²) in [6, 6.07) is 10.3. The first kappa shape index (κ1) is 13.1. The van der Waals surface area contributed by atoms with Gasteiger partial charge in [0.15, 0.2) is 0 Å². The van der Waals surface area contributed by atoms with E-state index < -0.39 is 0 Å². The van der Waals surface area contributed by atoms with Crippen LogP contribution in [0.1, 0.15) is 17.0 Å². The van der Waals surface area contributed by atoms with E-state index in [9.17, 15) is 0 Å². The van der Waals surface area contributed by atoms with Crippen LogP contribution < -0.4 is 10.6 Å². The first-order chi connectivity index (χ1) is 8.86. The number of hydrogen-bond acceptors (Lipinski definition) is 4. The monoisotopic (exact) mass is 261 g/mol. The minimum absolute atomic E-state index is 0.932. The Morgan fingerprint density at radius 3 is 2.72 bits per heavy atom. The Hall–Kier alpha value is -1.39. The fourth-order valence-electron chi connectivity index (χ4n) is 1.70. The average molecular weight is 261 g/mol. The van der Waals surface area contributed by atoms with E-state index in [1.807, 2.05) is 23.7 Å². The number of nitrogens with zero attached hydrogens (tertiary/aromatic N) is 1. The van der Waals surface area contributed by atoms with E-state index in [-0.39, 0.29) is 0 Å². The maximum atomic E-state index is 4.24. The molecule has 0 spiro atoms. The fourth-order valence-corrected chi connectivity index (χ4v) is 2.45. The Labute approximate surface area is 112 Å². The number of hydrogen-bond donors (Lipinski definition) is 2. The van der Waals surface area contributed by atoms with Crippen molar-refractivity contribution in [2.45, 2.75) is 19.9 Å². The molecule has 96 valence electrons. The molecule has 0 bridgehead atoms. The summed E-state index contributed by atoms with van der Waals surface area (Å²) < 4.78 is 0. The third-order valence-corrected chi connectivity index (χ3v) is 3.70. The van der Waals surface area contributed by atoms with Gasteiger partial charge in [-0.2, -0.15) is 0 Å². The minimum Gasteiger partial charge on any atom is -0.385 e. The van der Waals surface area contributed by atoms with Gasteiger partial charge in [0, 0.05) is 23.7 Å². The standard InChI is InChI=1S/C14H19N3S/c1-12-14(18-11-17-12)10-15-8-5-9-16-13-6-3-2-4-7-13/h2-4,6-7,11,15-16H,5,8-10H2,1H3. The zero-order chi connectivity index (χ0) is 12.6. The molecule has 18 heavy (non-hydrogen) atoms. The van der Waals surface area contributed by atoms with Crippen LogP contribution >= 0.6 is 11.3 Å². The quantitative estimate of drug-likeness (QED) is 0.752. The summed E-state index contributed by atoms with van der Waals surface area (Å²) in [7, 11) is 0. The highest BCUT2D eigenvalue weighted by Crippen LogP contribution is 2.11. The van der Waals surface area contributed by atoms with Crippen molar-refractivity contribution in [1.82, 2.24) is 10.3 Å². The lowest BCUT2D eigenvalue weighted by Gasteiger charge is -2.06. The van der Waals surface area contributed by atoms with Gasteiger partial charge in [-0.15, -0.1) is 11.3 Å². The normalized spacial score (nSPS) is 10.5. The summed E-state index contributed by atoms with van der Waals surface area (Å²) in [6.07, 6.45) is 1.12. The van der Waals surface area contributed by atoms with Crippen LogP contribution in [0.2, 0.25) is 0 Å². The zero-order valence-corrected chi connectivity index (χ0v) is 11.5. The summed E-state index contributed by atoms with van der Waals surface area (Å²) >= 11 is 1.72. The largest absolute Gasteiger partial charge is 0.385 e. The number of rotatable bonds is 7. The Morgan fingerprint density at radius 1 is 1.17 bits per heavy atom. The number of para-hydroxylation sites is 1. The zero-order valence-electron chi connectivity index (χ0n) is 10.6. The van der Waals surface area contributed by atoms with Gasteiger partial charge in [-0.05, 0) is 32.0 Å². The molecule has 0 amide bonds. The van der Waals surface area contributed by atoms with Crippen LogP contribution in [0, 0.1) is 6.92 Å². The maximum Gasteiger partial charge on any atom is 0.0798 e. The molecule has 2 rings (SSSR count). The van der Waals surface area contributed by atoms with Crippen LogP contribution in [0.25, 0.3) is 0 Å². The van der Waals surface area contributed by atoms with E-state index in [0.717, 1.165) is 31.7 Å². The molecule has 3 nitrogen and oxygen atoms in total. The smallest absolute Gasteiger partial charge is 0.0798 e. The van der Waals surface area contributed by atoms with Crippen molar-refractivity contribution in [2.24, 2.45) is 0 Å². The van der Waals surface area contributed by atoms with Crippen molar-refractivity contribution in [3.63, 3.8) is 0 Å². The average Bonchev–Trinajstić information content (AvgIpc) is 2.81. The summed E-state index contributed by atoms with van der Waals surface area (Å²) in [4.78, 5) is 5.58. The van der Waals surface area contributed by atoms with Crippen molar-refractivity contribution in [2.75, 3.05) is 18.4 Å². The summed E-state index contributed by atoms with van der Waals surface area (Å²) in [5, 5.41) is 6.85. The predicted molar refractivity (Wildman–Crippen MR) is 78.1 cm³/mol. The maximum absolute atomic E-state index is 4.24. The Kier molecular flexibility index (Phi) is 5.17. The second-order valence-corrected chi connectivity index (χ2v) is 5.12. The minimum atomic E-state index is 0.932. The number of thiazole rings is 1. The highest BCUT2D eigenvalue weighted by molar-refractivity contribution is 7.09. The van der Waals surface area contributed by atoms with E-state index in [0.29, 0.717) is 0 Å². The molecule has 4 heteroatoms. The molecule has 0 aliphatic rings. The van der Waals surface area contributed by atoms with Gasteiger partial charge in [-0.25, -0.2) is 4.98 Å². The Balaban J connectivity index is 1.56. The lowest BCUT2D eigenvalue weighted by Crippen LogP contribution is -2.17. The van der Waals surface area contributed by atoms with Gasteiger partial charge in [0.1, 0.15) is 0 Å². The molecule has 1 aromatic heterocycles. The van der Waals surface area contributed by atoms with E-state index >= 15 is 0 Å². The number of aryl methyl sites for hydroxylation is 1. The first-order valence-corrected chi connectivity index (χ1v) is 7.13. The molecule has 1 heterocycles. The van der Waals surface area contributed by atoms with Crippen molar-refractivity contribution >= 4 is 17.0 Å². The molecule has 0 saturated heterocycles. The molecule has 2 N–H and O–H groups in total. The molecule has 0 radical (unpaired) electrons. The van der Waals surface area contributed by atoms with Gasteiger partial charge in [0.05, 0.1) is 11.2 Å². The first-order valence-electron chi connectivity index (χ1n) is 6.25. The summed E-state index contributed by atoms with van der Waals surface area (Å²) in [6.45, 7) is 5.02. The van der Waals surface area contributed by atoms with E-state index in [1.165, 1.54) is 10.6 Å². The number of benzene rings is 1. The van der Waals surface area contributed by atoms with Crippen molar-refractivity contribution < 1.29 is 0 Å². The molecule has 0 unspecified atom stereocenters. The van der Waals surface area contributed by atoms with Gasteiger partial charge in [0.25, 0.3) is 0 Å². The lowest BCUT2D eigenvalue weighted by atomic mass is 10.3. The molecule has 0 saturated carbocycles. The summed E-state index contributed by atoms with van der Waals surface area (Å²) in [5.74, 6) is 0. The molecule has 0 atom stereocenters. The van der Waals surface area contributed by atoms with E-state index in [4.69, 9.17) is 0 Å². The van der Waals surface area contributed by atoms with Crippen molar-refractivity contribution in [3.05, 3.63) is 46.4 Å². The SMILES string of the molecule is Cc1ncsc1CNCCCNc1ccccc1. The molecule has 1 aromatic carbocycles. The van der Waals surface area contributed by atoms with Gasteiger partial charge in [-0.3, -0.25) is 0 Å². The van der Waals surface area contributed by atoms with E-state index in [2.05, 4.69) is 34.7 Å². The molecule has 0 aliphatic heterocycles. The third-order valence-electron chi connectivity index (χ3n) is 2.76. The van der Waals surface area contributed by atoms with Crippen LogP contribution in [-0.2, 0) is 6.54 Å². The van der Waals surface area contributed by atoms with E-state index in [1.54, 1.807) is 11.3 Å². The lowest BCUT2D eigenvalue weighted by molar-refractivity contribution is 0.666. The van der Waals surface area contributed by atoms with Crippen molar-refractivity contribution in [3.8, 4) is 0 Å². The summed E-state index contributed by atoms with van der Waals surface area (Å²) in [5.41, 5.74) is 4.24. The van der Waals surface area contributed by atoms with Crippen LogP contribution in [-0.4, -0.2) is 18.1 Å². The van der Waals surface area contributed by atoms with Crippen LogP contribution in [0.5, 0.6) is 0 Å². The van der Waals surface area contributed by atoms with Crippen molar-refractivity contribution in [1.29, 1.82) is 0 Å². The Morgan fingerprint density at radius 2 is 2.00 bits per heavy atom. The Bertz CT molecular complexity index is 453. The van der Waals surface area contributed by atoms with Crippen LogP contribution in [0.4, 0.5) is 5.69 Å². The van der Waals surface area contributed by atoms with Gasteiger partial charge < -0.3 is 10.6 Å². The molecule has 0 aliphatic carbocycles. The predicted octanol–water partition coefficient (Wildman–Crippen LogP) is 3.04. The highest BCUT2D eigenvalue weighted by Gasteiger charge is 1.99. The van der Waals surface area contributed by atoms with Gasteiger partial charge >= 0.3 is 0 Å². The molecular formula is C14H19N3S. The second-order valence-electron chi connectivity index (χ2n) is 4.18. The molecular weight excluding hydrogens is 242 g/mol. The fraction of sp³-hybridized carbons (Fsp3) is 0.357. The highest BCUT2D eigenvalue weighted by atomic mass is 32.1. The number of anilines is 1. The van der Waals surface area contributed by atoms with Gasteiger partial charge in [-0.1, -0.05) is 18.2 Å². The van der Waals surface area contributed by atoms with Gasteiger partial charge in [0.2, 0.25) is 0 Å². The van der Waals surface area contributed by atoms with Crippen LogP contribution in [0.15, 0.2) is 35.8 Å². The second kappa shape index (κ2) is 7.13. The number of aromatic nitrogens is 1. The third kappa shape index (κ3) is 4.13.